The Morgan fingerprint density at radius 3 is 1.94 bits per heavy atom. The molecule has 94 valence electrons. The SMILES string of the molecule is CC(=O)O.CN(C)Cc1ccccc1.Cl.N. The van der Waals surface area contributed by atoms with Gasteiger partial charge in [-0.25, -0.2) is 0 Å². The molecule has 0 fully saturated rings. The first-order valence-electron chi connectivity index (χ1n) is 4.40. The molecule has 0 spiro atoms. The lowest BCUT2D eigenvalue weighted by atomic mass is 10.2. The van der Waals surface area contributed by atoms with Crippen molar-refractivity contribution in [2.45, 2.75) is 13.5 Å². The van der Waals surface area contributed by atoms with Gasteiger partial charge in [0.05, 0.1) is 0 Å². The third-order valence-corrected chi connectivity index (χ3v) is 1.34. The predicted octanol–water partition coefficient (Wildman–Crippen LogP) is 2.42. The summed E-state index contributed by atoms with van der Waals surface area (Å²) in [6.07, 6.45) is 0. The van der Waals surface area contributed by atoms with Crippen molar-refractivity contribution in [2.24, 2.45) is 0 Å². The Balaban J connectivity index is -0.000000249. The van der Waals surface area contributed by atoms with E-state index in [2.05, 4.69) is 43.3 Å². The van der Waals surface area contributed by atoms with Gasteiger partial charge in [0.15, 0.2) is 0 Å². The fourth-order valence-corrected chi connectivity index (χ4v) is 0.949. The summed E-state index contributed by atoms with van der Waals surface area (Å²) in [6.45, 7) is 2.11. The number of hydrogen-bond donors (Lipinski definition) is 2. The third-order valence-electron chi connectivity index (χ3n) is 1.34. The van der Waals surface area contributed by atoms with Crippen LogP contribution >= 0.6 is 12.4 Å². The molecule has 1 aromatic carbocycles. The molecule has 16 heavy (non-hydrogen) atoms. The number of hydrogen-bond acceptors (Lipinski definition) is 3. The van der Waals surface area contributed by atoms with Gasteiger partial charge in [-0.2, -0.15) is 0 Å². The maximum absolute atomic E-state index is 9.00. The van der Waals surface area contributed by atoms with Gasteiger partial charge in [-0.1, -0.05) is 30.3 Å². The van der Waals surface area contributed by atoms with E-state index < -0.39 is 5.97 Å². The van der Waals surface area contributed by atoms with Gasteiger partial charge in [0, 0.05) is 13.5 Å². The zero-order chi connectivity index (χ0) is 11.0. The largest absolute Gasteiger partial charge is 0.481 e. The van der Waals surface area contributed by atoms with E-state index >= 15 is 0 Å². The van der Waals surface area contributed by atoms with Gasteiger partial charge in [-0.05, 0) is 19.7 Å². The molecule has 4 nitrogen and oxygen atoms in total. The van der Waals surface area contributed by atoms with E-state index in [4.69, 9.17) is 9.90 Å². The molecule has 0 aromatic heterocycles. The van der Waals surface area contributed by atoms with Crippen LogP contribution < -0.4 is 6.15 Å². The second kappa shape index (κ2) is 12.0. The first kappa shape index (κ1) is 20.3. The molecule has 0 saturated carbocycles. The molecule has 1 aromatic rings. The van der Waals surface area contributed by atoms with Crippen LogP contribution in [0.2, 0.25) is 0 Å². The molecule has 0 aliphatic heterocycles. The highest BCUT2D eigenvalue weighted by atomic mass is 35.5. The van der Waals surface area contributed by atoms with E-state index in [1.807, 2.05) is 6.07 Å². The summed E-state index contributed by atoms with van der Waals surface area (Å²) in [5.41, 5.74) is 1.37. The van der Waals surface area contributed by atoms with E-state index in [0.29, 0.717) is 0 Å². The fourth-order valence-electron chi connectivity index (χ4n) is 0.949. The van der Waals surface area contributed by atoms with E-state index in [9.17, 15) is 0 Å². The fraction of sp³-hybridized carbons (Fsp3) is 0.364. The van der Waals surface area contributed by atoms with Gasteiger partial charge in [-0.15, -0.1) is 12.4 Å². The van der Waals surface area contributed by atoms with Gasteiger partial charge < -0.3 is 16.2 Å². The molecule has 0 aliphatic rings. The molecular formula is C11H21ClN2O2. The lowest BCUT2D eigenvalue weighted by molar-refractivity contribution is -0.134. The lowest BCUT2D eigenvalue weighted by Gasteiger charge is -2.08. The van der Waals surface area contributed by atoms with Crippen molar-refractivity contribution in [1.29, 1.82) is 0 Å². The average Bonchev–Trinajstić information content (AvgIpc) is 2.03. The van der Waals surface area contributed by atoms with E-state index in [1.165, 1.54) is 5.56 Å². The average molecular weight is 249 g/mol. The molecule has 0 radical (unpaired) electrons. The zero-order valence-corrected chi connectivity index (χ0v) is 10.8. The molecule has 0 aliphatic carbocycles. The zero-order valence-electron chi connectivity index (χ0n) is 10.0. The summed E-state index contributed by atoms with van der Waals surface area (Å²) >= 11 is 0. The van der Waals surface area contributed by atoms with Gasteiger partial charge in [0.2, 0.25) is 0 Å². The summed E-state index contributed by atoms with van der Waals surface area (Å²) in [6, 6.07) is 10.5. The van der Waals surface area contributed by atoms with Crippen LogP contribution in [0.3, 0.4) is 0 Å². The van der Waals surface area contributed by atoms with Crippen LogP contribution in [0.1, 0.15) is 12.5 Å². The second-order valence-corrected chi connectivity index (χ2v) is 3.24. The number of carbonyl (C=O) groups is 1. The third kappa shape index (κ3) is 15.4. The minimum absolute atomic E-state index is 0. The standard InChI is InChI=1S/C9H13N.C2H4O2.ClH.H3N/c1-10(2)8-9-6-4-3-5-7-9;1-2(3)4;;/h3-7H,8H2,1-2H3;1H3,(H,3,4);1H;1H3. The van der Waals surface area contributed by atoms with Crippen molar-refractivity contribution in [3.63, 3.8) is 0 Å². The minimum Gasteiger partial charge on any atom is -0.481 e. The highest BCUT2D eigenvalue weighted by Gasteiger charge is 1.90. The van der Waals surface area contributed by atoms with Crippen molar-refractivity contribution in [3.05, 3.63) is 35.9 Å². The molecule has 4 N–H and O–H groups in total. The van der Waals surface area contributed by atoms with Crippen LogP contribution in [0, 0.1) is 0 Å². The Kier molecular flexibility index (Phi) is 15.2. The quantitative estimate of drug-likeness (QED) is 0.843. The number of nitrogens with zero attached hydrogens (tertiary/aromatic N) is 1. The van der Waals surface area contributed by atoms with Crippen molar-refractivity contribution < 1.29 is 9.90 Å². The smallest absolute Gasteiger partial charge is 0.300 e. The molecule has 5 heteroatoms. The molecular weight excluding hydrogens is 228 g/mol. The maximum Gasteiger partial charge on any atom is 0.300 e. The number of halogens is 1. The van der Waals surface area contributed by atoms with E-state index in [1.54, 1.807) is 0 Å². The van der Waals surface area contributed by atoms with Crippen LogP contribution in [-0.4, -0.2) is 30.1 Å². The van der Waals surface area contributed by atoms with E-state index in [-0.39, 0.29) is 18.6 Å². The summed E-state index contributed by atoms with van der Waals surface area (Å²) in [4.78, 5) is 11.2. The Bertz CT molecular complexity index is 262. The maximum atomic E-state index is 9.00. The first-order chi connectivity index (χ1) is 6.52. The topological polar surface area (TPSA) is 75.5 Å². The molecule has 0 amide bonds. The Morgan fingerprint density at radius 1 is 1.25 bits per heavy atom. The van der Waals surface area contributed by atoms with Crippen molar-refractivity contribution >= 4 is 18.4 Å². The van der Waals surface area contributed by atoms with Crippen LogP contribution in [-0.2, 0) is 11.3 Å². The van der Waals surface area contributed by atoms with Gasteiger partial charge in [0.1, 0.15) is 0 Å². The van der Waals surface area contributed by atoms with Crippen LogP contribution in [0.5, 0.6) is 0 Å². The normalized spacial score (nSPS) is 8.00. The number of aliphatic carboxylic acids is 1. The van der Waals surface area contributed by atoms with Crippen LogP contribution in [0.25, 0.3) is 0 Å². The van der Waals surface area contributed by atoms with Crippen molar-refractivity contribution in [1.82, 2.24) is 11.1 Å². The summed E-state index contributed by atoms with van der Waals surface area (Å²) in [5.74, 6) is -0.833. The molecule has 1 rings (SSSR count). The monoisotopic (exact) mass is 248 g/mol. The Hall–Kier alpha value is -1.10. The second-order valence-electron chi connectivity index (χ2n) is 3.24. The summed E-state index contributed by atoms with van der Waals surface area (Å²) in [7, 11) is 4.15. The molecule has 0 bridgehead atoms. The predicted molar refractivity (Wildman–Crippen MR) is 69.4 cm³/mol. The Morgan fingerprint density at radius 2 is 1.62 bits per heavy atom. The summed E-state index contributed by atoms with van der Waals surface area (Å²) in [5, 5.41) is 7.42. The number of carboxylic acids is 1. The Labute approximate surface area is 103 Å². The molecule has 0 atom stereocenters. The van der Waals surface area contributed by atoms with Gasteiger partial charge in [-0.3, -0.25) is 4.79 Å². The van der Waals surface area contributed by atoms with Crippen LogP contribution in [0.15, 0.2) is 30.3 Å². The first-order valence-corrected chi connectivity index (χ1v) is 4.40. The molecule has 0 saturated heterocycles. The van der Waals surface area contributed by atoms with Gasteiger partial charge in [0.25, 0.3) is 5.97 Å². The van der Waals surface area contributed by atoms with Crippen LogP contribution in [0.4, 0.5) is 0 Å². The lowest BCUT2D eigenvalue weighted by Crippen LogP contribution is -2.10. The minimum atomic E-state index is -0.833. The van der Waals surface area contributed by atoms with Crippen molar-refractivity contribution in [3.8, 4) is 0 Å². The number of carboxylic acid groups (broad SMARTS) is 1. The molecule has 0 heterocycles. The summed E-state index contributed by atoms with van der Waals surface area (Å²) < 4.78 is 0. The van der Waals surface area contributed by atoms with Crippen molar-refractivity contribution in [2.75, 3.05) is 14.1 Å². The highest BCUT2D eigenvalue weighted by Crippen LogP contribution is 1.99. The number of rotatable bonds is 2. The van der Waals surface area contributed by atoms with E-state index in [0.717, 1.165) is 13.5 Å². The number of benzene rings is 1. The van der Waals surface area contributed by atoms with Gasteiger partial charge >= 0.3 is 0 Å². The molecule has 0 unspecified atom stereocenters. The highest BCUT2D eigenvalue weighted by molar-refractivity contribution is 5.85.